The van der Waals surface area contributed by atoms with Gasteiger partial charge in [0.25, 0.3) is 11.8 Å². The number of carbonyl (C=O) groups is 3. The molecule has 0 saturated carbocycles. The fourth-order valence-corrected chi connectivity index (χ4v) is 5.22. The number of amides is 3. The Morgan fingerprint density at radius 1 is 0.800 bits per heavy atom. The van der Waals surface area contributed by atoms with Crippen LogP contribution in [-0.2, 0) is 9.59 Å². The van der Waals surface area contributed by atoms with Crippen LogP contribution < -0.4 is 16.0 Å². The van der Waals surface area contributed by atoms with Crippen LogP contribution in [0.15, 0.2) is 106 Å². The first kappa shape index (κ1) is 28.9. The van der Waals surface area contributed by atoms with E-state index in [1.807, 2.05) is 66.2 Å². The van der Waals surface area contributed by atoms with Crippen LogP contribution in [-0.4, -0.2) is 23.0 Å². The van der Waals surface area contributed by atoms with E-state index in [0.29, 0.717) is 17.2 Å². The summed E-state index contributed by atoms with van der Waals surface area (Å²) in [7, 11) is 0. The highest BCUT2D eigenvalue weighted by atomic mass is 32.2. The monoisotopic (exact) mass is 569 g/mol. The topological polar surface area (TPSA) is 87.3 Å². The van der Waals surface area contributed by atoms with Crippen molar-refractivity contribution >= 4 is 58.3 Å². The van der Waals surface area contributed by atoms with Gasteiger partial charge in [-0.1, -0.05) is 44.2 Å². The van der Waals surface area contributed by atoms with Crippen LogP contribution in [0.3, 0.4) is 0 Å². The van der Waals surface area contributed by atoms with Gasteiger partial charge < -0.3 is 16.0 Å². The van der Waals surface area contributed by atoms with Crippen LogP contribution in [0, 0.1) is 0 Å². The van der Waals surface area contributed by atoms with Crippen molar-refractivity contribution < 1.29 is 14.4 Å². The molecule has 0 saturated heterocycles. The third kappa shape index (κ3) is 8.18. The maximum absolute atomic E-state index is 13.1. The average Bonchev–Trinajstić information content (AvgIpc) is 3.47. The van der Waals surface area contributed by atoms with Gasteiger partial charge in [-0.05, 0) is 95.4 Å². The van der Waals surface area contributed by atoms with Gasteiger partial charge in [0.1, 0.15) is 5.70 Å². The zero-order chi connectivity index (χ0) is 28.5. The minimum Gasteiger partial charge on any atom is -0.325 e. The molecule has 1 atom stereocenters. The SMILES string of the molecule is CC(Sc1ccc(NC(=O)/C(=C/c2ccsc2)NC(=O)c2ccccc2)cc1)C(=O)Nc1ccc(C(C)C)cc1. The predicted octanol–water partition coefficient (Wildman–Crippen LogP) is 7.40. The molecule has 1 aromatic heterocycles. The molecule has 0 aliphatic rings. The fraction of sp³-hybridized carbons (Fsp3) is 0.156. The molecule has 204 valence electrons. The molecular formula is C32H31N3O3S2. The van der Waals surface area contributed by atoms with E-state index in [1.54, 1.807) is 42.5 Å². The lowest BCUT2D eigenvalue weighted by molar-refractivity contribution is -0.115. The number of rotatable bonds is 10. The van der Waals surface area contributed by atoms with Crippen LogP contribution in [0.4, 0.5) is 11.4 Å². The first-order valence-corrected chi connectivity index (χ1v) is 14.7. The molecule has 3 aromatic carbocycles. The summed E-state index contributed by atoms with van der Waals surface area (Å²) in [5.41, 5.74) is 3.97. The highest BCUT2D eigenvalue weighted by Gasteiger charge is 2.17. The second-order valence-electron chi connectivity index (χ2n) is 9.44. The van der Waals surface area contributed by atoms with Crippen molar-refractivity contribution in [3.8, 4) is 0 Å². The molecule has 0 aliphatic carbocycles. The van der Waals surface area contributed by atoms with Crippen molar-refractivity contribution in [3.63, 3.8) is 0 Å². The lowest BCUT2D eigenvalue weighted by Gasteiger charge is -2.14. The first-order chi connectivity index (χ1) is 19.3. The Balaban J connectivity index is 1.37. The molecule has 0 aliphatic heterocycles. The molecule has 0 spiro atoms. The van der Waals surface area contributed by atoms with Gasteiger partial charge in [0.05, 0.1) is 5.25 Å². The predicted molar refractivity (Wildman–Crippen MR) is 166 cm³/mol. The Bertz CT molecular complexity index is 1460. The number of thioether (sulfide) groups is 1. The van der Waals surface area contributed by atoms with Crippen molar-refractivity contribution in [2.24, 2.45) is 0 Å². The van der Waals surface area contributed by atoms with E-state index in [-0.39, 0.29) is 22.8 Å². The first-order valence-electron chi connectivity index (χ1n) is 12.9. The molecule has 3 amide bonds. The Morgan fingerprint density at radius 3 is 2.08 bits per heavy atom. The summed E-state index contributed by atoms with van der Waals surface area (Å²) in [5, 5.41) is 12.0. The van der Waals surface area contributed by atoms with Crippen LogP contribution in [0.1, 0.15) is 48.2 Å². The Hall–Kier alpha value is -4.14. The number of anilines is 2. The van der Waals surface area contributed by atoms with Gasteiger partial charge in [0, 0.05) is 21.8 Å². The molecule has 6 nitrogen and oxygen atoms in total. The quantitative estimate of drug-likeness (QED) is 0.137. The Labute approximate surface area is 242 Å². The van der Waals surface area contributed by atoms with Gasteiger partial charge in [-0.25, -0.2) is 0 Å². The molecule has 4 aromatic rings. The lowest BCUT2D eigenvalue weighted by atomic mass is 10.0. The largest absolute Gasteiger partial charge is 0.325 e. The van der Waals surface area contributed by atoms with E-state index in [1.165, 1.54) is 28.7 Å². The van der Waals surface area contributed by atoms with Crippen LogP contribution in [0.25, 0.3) is 6.08 Å². The van der Waals surface area contributed by atoms with Gasteiger partial charge in [-0.3, -0.25) is 14.4 Å². The minimum atomic E-state index is -0.438. The Morgan fingerprint density at radius 2 is 1.45 bits per heavy atom. The van der Waals surface area contributed by atoms with Crippen molar-refractivity contribution in [2.75, 3.05) is 10.6 Å². The number of thiophene rings is 1. The van der Waals surface area contributed by atoms with Crippen molar-refractivity contribution in [2.45, 2.75) is 36.8 Å². The van der Waals surface area contributed by atoms with Crippen LogP contribution in [0.2, 0.25) is 0 Å². The summed E-state index contributed by atoms with van der Waals surface area (Å²) in [6.45, 7) is 6.12. The second-order valence-corrected chi connectivity index (χ2v) is 11.6. The van der Waals surface area contributed by atoms with Gasteiger partial charge in [0.2, 0.25) is 5.91 Å². The molecule has 0 radical (unpaired) electrons. The maximum atomic E-state index is 13.1. The summed E-state index contributed by atoms with van der Waals surface area (Å²) in [6.07, 6.45) is 1.65. The number of hydrogen-bond donors (Lipinski definition) is 3. The number of benzene rings is 3. The zero-order valence-corrected chi connectivity index (χ0v) is 24.1. The van der Waals surface area contributed by atoms with Gasteiger partial charge in [-0.15, -0.1) is 11.8 Å². The van der Waals surface area contributed by atoms with E-state index in [9.17, 15) is 14.4 Å². The summed E-state index contributed by atoms with van der Waals surface area (Å²) in [4.78, 5) is 39.5. The standard InChI is InChI=1S/C32H31N3O3S2/c1-21(2)24-9-11-26(12-10-24)33-30(36)22(3)40-28-15-13-27(14-16-28)34-32(38)29(19-23-17-18-39-20-23)35-31(37)25-7-5-4-6-8-25/h4-22H,1-3H3,(H,33,36)(H,34,38)(H,35,37)/b29-19-. The lowest BCUT2D eigenvalue weighted by Crippen LogP contribution is -2.30. The molecule has 0 fully saturated rings. The van der Waals surface area contributed by atoms with E-state index >= 15 is 0 Å². The van der Waals surface area contributed by atoms with Crippen molar-refractivity contribution in [1.29, 1.82) is 0 Å². The molecule has 3 N–H and O–H groups in total. The Kier molecular flexibility index (Phi) is 9.94. The summed E-state index contributed by atoms with van der Waals surface area (Å²) < 4.78 is 0. The smallest absolute Gasteiger partial charge is 0.272 e. The zero-order valence-electron chi connectivity index (χ0n) is 22.5. The van der Waals surface area contributed by atoms with Gasteiger partial charge in [0.15, 0.2) is 0 Å². The van der Waals surface area contributed by atoms with Gasteiger partial charge in [-0.2, -0.15) is 11.3 Å². The van der Waals surface area contributed by atoms with Gasteiger partial charge >= 0.3 is 0 Å². The minimum absolute atomic E-state index is 0.0861. The third-order valence-electron chi connectivity index (χ3n) is 6.02. The summed E-state index contributed by atoms with van der Waals surface area (Å²) >= 11 is 2.93. The molecule has 1 heterocycles. The maximum Gasteiger partial charge on any atom is 0.272 e. The van der Waals surface area contributed by atoms with Crippen LogP contribution >= 0.6 is 23.1 Å². The molecule has 8 heteroatoms. The van der Waals surface area contributed by atoms with Crippen molar-refractivity contribution in [3.05, 3.63) is 118 Å². The van der Waals surface area contributed by atoms with E-state index < -0.39 is 5.91 Å². The fourth-order valence-electron chi connectivity index (χ4n) is 3.73. The molecule has 0 bridgehead atoms. The van der Waals surface area contributed by atoms with E-state index in [4.69, 9.17) is 0 Å². The van der Waals surface area contributed by atoms with Crippen molar-refractivity contribution in [1.82, 2.24) is 5.32 Å². The molecule has 40 heavy (non-hydrogen) atoms. The summed E-state index contributed by atoms with van der Waals surface area (Å²) in [6, 6.07) is 25.8. The number of carbonyl (C=O) groups excluding carboxylic acids is 3. The van der Waals surface area contributed by atoms with Crippen LogP contribution in [0.5, 0.6) is 0 Å². The average molecular weight is 570 g/mol. The molecule has 4 rings (SSSR count). The molecular weight excluding hydrogens is 539 g/mol. The highest BCUT2D eigenvalue weighted by molar-refractivity contribution is 8.00. The second kappa shape index (κ2) is 13.8. The normalized spacial score (nSPS) is 12.1. The number of nitrogens with one attached hydrogen (secondary N) is 3. The highest BCUT2D eigenvalue weighted by Crippen LogP contribution is 2.26. The molecule has 1 unspecified atom stereocenters. The third-order valence-corrected chi connectivity index (χ3v) is 7.84. The summed E-state index contributed by atoms with van der Waals surface area (Å²) in [5.74, 6) is -0.458. The van der Waals surface area contributed by atoms with E-state index in [2.05, 4.69) is 29.8 Å². The van der Waals surface area contributed by atoms with E-state index in [0.717, 1.165) is 16.1 Å². The number of hydrogen-bond acceptors (Lipinski definition) is 5.